The minimum Gasteiger partial charge on any atom is -0.482 e. The Hall–Kier alpha value is -3.08. The number of amides is 1. The van der Waals surface area contributed by atoms with E-state index in [4.69, 9.17) is 16.3 Å². The number of rotatable bonds is 6. The third-order valence-corrected chi connectivity index (χ3v) is 6.10. The van der Waals surface area contributed by atoms with Crippen molar-refractivity contribution in [2.45, 2.75) is 6.92 Å². The zero-order valence-electron chi connectivity index (χ0n) is 18.1. The van der Waals surface area contributed by atoms with Crippen LogP contribution >= 0.6 is 43.5 Å². The van der Waals surface area contributed by atoms with Crippen LogP contribution in [0.25, 0.3) is 10.9 Å². The average Bonchev–Trinajstić information content (AvgIpc) is 2.80. The van der Waals surface area contributed by atoms with E-state index in [9.17, 15) is 14.0 Å². The number of anilines is 1. The lowest BCUT2D eigenvalue weighted by Gasteiger charge is -2.12. The summed E-state index contributed by atoms with van der Waals surface area (Å²) in [6.07, 6.45) is 1.41. The minimum atomic E-state index is -0.447. The summed E-state index contributed by atoms with van der Waals surface area (Å²) in [5.74, 6) is -0.160. The molecule has 0 radical (unpaired) electrons. The third-order valence-electron chi connectivity index (χ3n) is 4.80. The van der Waals surface area contributed by atoms with Crippen LogP contribution in [-0.2, 0) is 4.79 Å². The van der Waals surface area contributed by atoms with E-state index in [0.29, 0.717) is 43.2 Å². The number of benzene rings is 3. The summed E-state index contributed by atoms with van der Waals surface area (Å²) in [6.45, 7) is 1.34. The molecular weight excluding hydrogens is 607 g/mol. The number of aryl methyl sites for hydroxylation is 1. The number of carbonyl (C=O) groups excluding carboxylic acids is 1. The molecule has 0 aliphatic carbocycles. The van der Waals surface area contributed by atoms with Crippen molar-refractivity contribution in [3.63, 3.8) is 0 Å². The average molecular weight is 623 g/mol. The Morgan fingerprint density at radius 1 is 1.20 bits per heavy atom. The van der Waals surface area contributed by atoms with Crippen LogP contribution in [0.2, 0.25) is 5.02 Å². The van der Waals surface area contributed by atoms with Crippen LogP contribution in [0, 0.1) is 12.7 Å². The highest BCUT2D eigenvalue weighted by Crippen LogP contribution is 2.32. The molecule has 11 heteroatoms. The second kappa shape index (κ2) is 10.7. The van der Waals surface area contributed by atoms with E-state index >= 15 is 0 Å². The summed E-state index contributed by atoms with van der Waals surface area (Å²) in [6, 6.07) is 13.8. The fourth-order valence-corrected chi connectivity index (χ4v) is 4.52. The molecule has 1 N–H and O–H groups in total. The number of hydrogen-bond acceptors (Lipinski definition) is 5. The SMILES string of the molecule is Cc1nc2ccc(Br)cc2c(=O)n1N=Cc1cc(Cl)cc(Br)c1OCC(=O)Nc1ccc(F)cc1. The minimum absolute atomic E-state index is 0.301. The lowest BCUT2D eigenvalue weighted by atomic mass is 10.2. The van der Waals surface area contributed by atoms with Gasteiger partial charge in [-0.15, -0.1) is 0 Å². The van der Waals surface area contributed by atoms with E-state index in [1.807, 2.05) is 0 Å². The zero-order valence-corrected chi connectivity index (χ0v) is 22.0. The summed E-state index contributed by atoms with van der Waals surface area (Å²) in [5.41, 5.74) is 1.08. The van der Waals surface area contributed by atoms with Gasteiger partial charge >= 0.3 is 0 Å². The quantitative estimate of drug-likeness (QED) is 0.271. The Morgan fingerprint density at radius 3 is 2.69 bits per heavy atom. The molecule has 0 saturated carbocycles. The molecule has 4 aromatic rings. The maximum absolute atomic E-state index is 13.1. The molecule has 1 heterocycles. The van der Waals surface area contributed by atoms with Gasteiger partial charge in [0.1, 0.15) is 17.4 Å². The van der Waals surface area contributed by atoms with Crippen molar-refractivity contribution in [1.29, 1.82) is 0 Å². The maximum atomic E-state index is 13.1. The second-order valence-electron chi connectivity index (χ2n) is 7.33. The third kappa shape index (κ3) is 5.95. The van der Waals surface area contributed by atoms with Crippen molar-refractivity contribution in [2.24, 2.45) is 5.10 Å². The van der Waals surface area contributed by atoms with E-state index < -0.39 is 11.7 Å². The maximum Gasteiger partial charge on any atom is 0.282 e. The van der Waals surface area contributed by atoms with Crippen LogP contribution in [-0.4, -0.2) is 28.4 Å². The molecule has 3 aromatic carbocycles. The Morgan fingerprint density at radius 2 is 1.94 bits per heavy atom. The van der Waals surface area contributed by atoms with Crippen molar-refractivity contribution >= 4 is 72.2 Å². The fourth-order valence-electron chi connectivity index (χ4n) is 3.21. The molecule has 0 aliphatic rings. The van der Waals surface area contributed by atoms with Crippen LogP contribution in [0.15, 0.2) is 73.4 Å². The number of ether oxygens (including phenoxy) is 1. The van der Waals surface area contributed by atoms with Crippen LogP contribution in [0.5, 0.6) is 5.75 Å². The molecule has 0 fully saturated rings. The first kappa shape index (κ1) is 25.0. The van der Waals surface area contributed by atoms with E-state index in [0.717, 1.165) is 4.47 Å². The lowest BCUT2D eigenvalue weighted by molar-refractivity contribution is -0.118. The van der Waals surface area contributed by atoms with Crippen LogP contribution < -0.4 is 15.6 Å². The molecule has 0 aliphatic heterocycles. The standard InChI is InChI=1S/C24H16Br2ClFN4O3/c1-13-30-21-7-2-15(25)9-19(21)24(34)32(13)29-11-14-8-16(27)10-20(26)23(14)35-12-22(33)31-18-5-3-17(28)4-6-18/h2-11H,12H2,1H3,(H,31,33). The molecule has 35 heavy (non-hydrogen) atoms. The fraction of sp³-hybridized carbons (Fsp3) is 0.0833. The van der Waals surface area contributed by atoms with Crippen molar-refractivity contribution in [1.82, 2.24) is 9.66 Å². The van der Waals surface area contributed by atoms with Crippen LogP contribution in [0.1, 0.15) is 11.4 Å². The van der Waals surface area contributed by atoms with E-state index in [1.54, 1.807) is 37.3 Å². The van der Waals surface area contributed by atoms with Gasteiger partial charge < -0.3 is 10.1 Å². The molecule has 1 amide bonds. The molecule has 0 bridgehead atoms. The molecular formula is C24H16Br2ClFN4O3. The molecule has 1 aromatic heterocycles. The molecule has 0 saturated heterocycles. The Labute approximate surface area is 220 Å². The summed E-state index contributed by atoms with van der Waals surface area (Å²) >= 11 is 13.0. The van der Waals surface area contributed by atoms with Crippen molar-refractivity contribution in [3.8, 4) is 5.75 Å². The summed E-state index contributed by atoms with van der Waals surface area (Å²) in [7, 11) is 0. The van der Waals surface area contributed by atoms with Crippen molar-refractivity contribution < 1.29 is 13.9 Å². The molecule has 0 spiro atoms. The topological polar surface area (TPSA) is 85.6 Å². The summed E-state index contributed by atoms with van der Waals surface area (Å²) < 4.78 is 21.2. The number of carbonyl (C=O) groups is 1. The van der Waals surface area contributed by atoms with Gasteiger partial charge in [0.15, 0.2) is 6.61 Å². The monoisotopic (exact) mass is 620 g/mol. The summed E-state index contributed by atoms with van der Waals surface area (Å²) in [5, 5.41) is 7.73. The highest BCUT2D eigenvalue weighted by atomic mass is 79.9. The molecule has 4 rings (SSSR count). The number of nitrogens with zero attached hydrogens (tertiary/aromatic N) is 3. The highest BCUT2D eigenvalue weighted by molar-refractivity contribution is 9.10. The molecule has 0 atom stereocenters. The summed E-state index contributed by atoms with van der Waals surface area (Å²) in [4.78, 5) is 29.8. The van der Waals surface area contributed by atoms with Gasteiger partial charge in [-0.05, 0) is 77.5 Å². The largest absolute Gasteiger partial charge is 0.482 e. The number of halogens is 4. The number of nitrogens with one attached hydrogen (secondary N) is 1. The van der Waals surface area contributed by atoms with Gasteiger partial charge in [-0.2, -0.15) is 9.78 Å². The zero-order chi connectivity index (χ0) is 25.1. The normalized spacial score (nSPS) is 11.2. The van der Waals surface area contributed by atoms with Gasteiger partial charge in [0, 0.05) is 20.7 Å². The first-order valence-corrected chi connectivity index (χ1v) is 12.1. The highest BCUT2D eigenvalue weighted by Gasteiger charge is 2.13. The smallest absolute Gasteiger partial charge is 0.282 e. The van der Waals surface area contributed by atoms with Gasteiger partial charge in [0.25, 0.3) is 11.5 Å². The molecule has 178 valence electrons. The Balaban J connectivity index is 1.60. The van der Waals surface area contributed by atoms with Crippen LogP contribution in [0.4, 0.5) is 10.1 Å². The first-order chi connectivity index (χ1) is 16.7. The predicted octanol–water partition coefficient (Wildman–Crippen LogP) is 5.92. The van der Waals surface area contributed by atoms with Crippen LogP contribution in [0.3, 0.4) is 0 Å². The predicted molar refractivity (Wildman–Crippen MR) is 141 cm³/mol. The van der Waals surface area contributed by atoms with Gasteiger partial charge in [-0.25, -0.2) is 9.37 Å². The van der Waals surface area contributed by atoms with Gasteiger partial charge in [0.2, 0.25) is 0 Å². The van der Waals surface area contributed by atoms with Gasteiger partial charge in [-0.3, -0.25) is 9.59 Å². The van der Waals surface area contributed by atoms with E-state index in [2.05, 4.69) is 47.3 Å². The van der Waals surface area contributed by atoms with E-state index in [1.165, 1.54) is 35.2 Å². The molecule has 0 unspecified atom stereocenters. The van der Waals surface area contributed by atoms with Crippen molar-refractivity contribution in [2.75, 3.05) is 11.9 Å². The molecule has 7 nitrogen and oxygen atoms in total. The Bertz CT molecular complexity index is 1520. The lowest BCUT2D eigenvalue weighted by Crippen LogP contribution is -2.21. The number of aromatic nitrogens is 2. The van der Waals surface area contributed by atoms with Gasteiger partial charge in [0.05, 0.1) is 21.6 Å². The second-order valence-corrected chi connectivity index (χ2v) is 9.54. The van der Waals surface area contributed by atoms with E-state index in [-0.39, 0.29) is 12.2 Å². The van der Waals surface area contributed by atoms with Crippen molar-refractivity contribution in [3.05, 3.63) is 96.1 Å². The first-order valence-electron chi connectivity index (χ1n) is 10.1. The number of hydrogen-bond donors (Lipinski definition) is 1. The Kier molecular flexibility index (Phi) is 7.63. The number of fused-ring (bicyclic) bond motifs is 1. The van der Waals surface area contributed by atoms with Gasteiger partial charge in [-0.1, -0.05) is 27.5 Å².